The zero-order valence-electron chi connectivity index (χ0n) is 3.47. The van der Waals surface area contributed by atoms with E-state index in [1.54, 1.807) is 0 Å². The van der Waals surface area contributed by atoms with E-state index in [9.17, 15) is 17.6 Å². The summed E-state index contributed by atoms with van der Waals surface area (Å²) in [6.07, 6.45) is -4.99. The summed E-state index contributed by atoms with van der Waals surface area (Å²) in [5.74, 6) is 0. The molecule has 5 heteroatoms. The van der Waals surface area contributed by atoms with Gasteiger partial charge in [-0.3, -0.25) is 0 Å². The first-order valence-corrected chi connectivity index (χ1v) is 2.59. The third-order valence-corrected chi connectivity index (χ3v) is 1.21. The van der Waals surface area contributed by atoms with Crippen LogP contribution in [-0.4, -0.2) is 6.18 Å². The van der Waals surface area contributed by atoms with Crippen molar-refractivity contribution in [2.24, 2.45) is 0 Å². The van der Waals surface area contributed by atoms with Gasteiger partial charge in [-0.25, -0.2) is 4.39 Å². The molecule has 0 N–H and O–H groups in total. The first-order valence-electron chi connectivity index (χ1n) is 1.51. The van der Waals surface area contributed by atoms with Gasteiger partial charge in [0.15, 0.2) is 0 Å². The highest BCUT2D eigenvalue weighted by molar-refractivity contribution is 14.1. The number of rotatable bonds is 0. The summed E-state index contributed by atoms with van der Waals surface area (Å²) < 4.78 is 43.2. The molecule has 0 atom stereocenters. The summed E-state index contributed by atoms with van der Waals surface area (Å²) in [6, 6.07) is 0. The van der Waals surface area contributed by atoms with Crippen molar-refractivity contribution in [2.75, 3.05) is 0 Å². The molecule has 0 aliphatic rings. The minimum absolute atomic E-state index is 0.472. The predicted octanol–water partition coefficient (Wildman–Crippen LogP) is 2.79. The molecule has 0 aliphatic carbocycles. The molecule has 0 heterocycles. The van der Waals surface area contributed by atoms with E-state index in [1.807, 2.05) is 0 Å². The highest BCUT2D eigenvalue weighted by Gasteiger charge is 2.31. The second-order valence-electron chi connectivity index (χ2n) is 0.955. The van der Waals surface area contributed by atoms with Crippen molar-refractivity contribution in [2.45, 2.75) is 6.18 Å². The molecule has 0 rings (SSSR count). The Hall–Kier alpha value is 0.190. The van der Waals surface area contributed by atoms with E-state index >= 15 is 0 Å². The molecule has 0 nitrogen and oxygen atoms in total. The van der Waals surface area contributed by atoms with Crippen LogP contribution in [0.15, 0.2) is 9.91 Å². The monoisotopic (exact) mass is 240 g/mol. The Morgan fingerprint density at radius 2 is 1.75 bits per heavy atom. The van der Waals surface area contributed by atoms with Crippen LogP contribution in [0.1, 0.15) is 0 Å². The van der Waals surface area contributed by atoms with Gasteiger partial charge in [0.2, 0.25) is 0 Å². The molecule has 0 aromatic carbocycles. The van der Waals surface area contributed by atoms with E-state index in [4.69, 9.17) is 0 Å². The Kier molecular flexibility index (Phi) is 2.72. The fourth-order valence-corrected chi connectivity index (χ4v) is 0.0619. The van der Waals surface area contributed by atoms with E-state index in [0.29, 0.717) is 0 Å². The van der Waals surface area contributed by atoms with Crippen molar-refractivity contribution in [3.8, 4) is 0 Å². The number of allylic oxidation sites excluding steroid dienone is 1. The lowest BCUT2D eigenvalue weighted by molar-refractivity contribution is -0.0825. The minimum Gasteiger partial charge on any atom is -0.214 e. The summed E-state index contributed by atoms with van der Waals surface area (Å²) >= 11 is 0.873. The number of alkyl halides is 3. The molecule has 48 valence electrons. The van der Waals surface area contributed by atoms with Crippen molar-refractivity contribution in [1.29, 1.82) is 0 Å². The molecule has 0 unspecified atom stereocenters. The maximum Gasteiger partial charge on any atom is 0.424 e. The number of halogens is 5. The largest absolute Gasteiger partial charge is 0.424 e. The van der Waals surface area contributed by atoms with Crippen molar-refractivity contribution in [3.63, 3.8) is 0 Å². The van der Waals surface area contributed by atoms with Gasteiger partial charge in [0.25, 0.3) is 0 Å². The van der Waals surface area contributed by atoms with Gasteiger partial charge in [-0.2, -0.15) is 13.2 Å². The molecule has 0 aromatic heterocycles. The SMILES string of the molecule is FC=C(I)C(F)(F)F. The average molecular weight is 240 g/mol. The second kappa shape index (κ2) is 2.65. The summed E-state index contributed by atoms with van der Waals surface area (Å²) in [5.41, 5.74) is 0. The third-order valence-electron chi connectivity index (χ3n) is 0.367. The highest BCUT2D eigenvalue weighted by Crippen LogP contribution is 2.30. The quantitative estimate of drug-likeness (QED) is 0.451. The maximum atomic E-state index is 11.1. The Balaban J connectivity index is 4.03. The van der Waals surface area contributed by atoms with Crippen LogP contribution in [0, 0.1) is 0 Å². The summed E-state index contributed by atoms with van der Waals surface area (Å²) in [5, 5.41) is 0. The smallest absolute Gasteiger partial charge is 0.214 e. The molecule has 0 saturated carbocycles. The second-order valence-corrected chi connectivity index (χ2v) is 2.12. The molecule has 0 saturated heterocycles. The van der Waals surface area contributed by atoms with Gasteiger partial charge in [0.1, 0.15) is 9.91 Å². The van der Waals surface area contributed by atoms with Crippen LogP contribution < -0.4 is 0 Å². The van der Waals surface area contributed by atoms with Gasteiger partial charge >= 0.3 is 6.18 Å². The molecule has 0 spiro atoms. The van der Waals surface area contributed by atoms with E-state index < -0.39 is 16.1 Å². The van der Waals surface area contributed by atoms with Crippen molar-refractivity contribution >= 4 is 22.6 Å². The molecule has 0 bridgehead atoms. The van der Waals surface area contributed by atoms with E-state index in [0.717, 1.165) is 22.6 Å². The van der Waals surface area contributed by atoms with Gasteiger partial charge in [-0.1, -0.05) is 0 Å². The normalized spacial score (nSPS) is 14.4. The third kappa shape index (κ3) is 2.49. The summed E-state index contributed by atoms with van der Waals surface area (Å²) in [4.78, 5) is 0. The Labute approximate surface area is 56.7 Å². The average Bonchev–Trinajstić information content (AvgIpc) is 1.62. The van der Waals surface area contributed by atoms with Crippen molar-refractivity contribution in [3.05, 3.63) is 9.91 Å². The van der Waals surface area contributed by atoms with Gasteiger partial charge < -0.3 is 0 Å². The Morgan fingerprint density at radius 1 is 1.38 bits per heavy atom. The van der Waals surface area contributed by atoms with Crippen LogP contribution in [-0.2, 0) is 0 Å². The van der Waals surface area contributed by atoms with Crippen molar-refractivity contribution < 1.29 is 17.6 Å². The van der Waals surface area contributed by atoms with Crippen LogP contribution >= 0.6 is 22.6 Å². The fraction of sp³-hybridized carbons (Fsp3) is 0.333. The lowest BCUT2D eigenvalue weighted by atomic mass is 10.6. The lowest BCUT2D eigenvalue weighted by Gasteiger charge is -1.99. The van der Waals surface area contributed by atoms with E-state index in [2.05, 4.69) is 0 Å². The van der Waals surface area contributed by atoms with Gasteiger partial charge in [-0.15, -0.1) is 0 Å². The zero-order valence-corrected chi connectivity index (χ0v) is 5.62. The van der Waals surface area contributed by atoms with Crippen LogP contribution in [0.3, 0.4) is 0 Å². The van der Waals surface area contributed by atoms with E-state index in [-0.39, 0.29) is 0 Å². The maximum absolute atomic E-state index is 11.1. The molecule has 0 aliphatic heterocycles. The van der Waals surface area contributed by atoms with Gasteiger partial charge in [0.05, 0.1) is 0 Å². The molecule has 0 aromatic rings. The van der Waals surface area contributed by atoms with Crippen LogP contribution in [0.4, 0.5) is 17.6 Å². The molecular weight excluding hydrogens is 239 g/mol. The first kappa shape index (κ1) is 8.19. The Morgan fingerprint density at radius 3 is 1.75 bits per heavy atom. The molecule has 8 heavy (non-hydrogen) atoms. The van der Waals surface area contributed by atoms with Gasteiger partial charge in [-0.05, 0) is 22.6 Å². The molecule has 0 radical (unpaired) electrons. The first-order chi connectivity index (χ1) is 3.48. The molecular formula is C3HF4I. The highest BCUT2D eigenvalue weighted by atomic mass is 127. The van der Waals surface area contributed by atoms with Crippen LogP contribution in [0.25, 0.3) is 0 Å². The van der Waals surface area contributed by atoms with Crippen molar-refractivity contribution in [1.82, 2.24) is 0 Å². The standard InChI is InChI=1S/C3HF4I/c4-1-2(8)3(5,6)7/h1H. The predicted molar refractivity (Wildman–Crippen MR) is 29.3 cm³/mol. The van der Waals surface area contributed by atoms with Crippen LogP contribution in [0.5, 0.6) is 0 Å². The Bertz CT molecular complexity index is 102. The molecule has 0 amide bonds. The minimum atomic E-state index is -4.52. The topological polar surface area (TPSA) is 0 Å². The lowest BCUT2D eigenvalue weighted by Crippen LogP contribution is -2.05. The number of hydrogen-bond donors (Lipinski definition) is 0. The van der Waals surface area contributed by atoms with Crippen LogP contribution in [0.2, 0.25) is 0 Å². The van der Waals surface area contributed by atoms with E-state index in [1.165, 1.54) is 0 Å². The zero-order chi connectivity index (χ0) is 6.78. The van der Waals surface area contributed by atoms with Gasteiger partial charge in [0, 0.05) is 0 Å². The fourth-order valence-electron chi connectivity index (χ4n) is 0.0619. The number of hydrogen-bond acceptors (Lipinski definition) is 0. The summed E-state index contributed by atoms with van der Waals surface area (Å²) in [6.45, 7) is 0. The molecule has 0 fully saturated rings. The summed E-state index contributed by atoms with van der Waals surface area (Å²) in [7, 11) is 0.